The molecule has 2 amide bonds. The van der Waals surface area contributed by atoms with Gasteiger partial charge in [-0.1, -0.05) is 36.4 Å². The summed E-state index contributed by atoms with van der Waals surface area (Å²) in [5, 5.41) is 6.78. The number of aryl methyl sites for hydroxylation is 2. The smallest absolute Gasteiger partial charge is 0.287 e. The number of nitrogens with zero attached hydrogens (tertiary/aromatic N) is 3. The predicted molar refractivity (Wildman–Crippen MR) is 107 cm³/mol. The number of hydrogen-bond acceptors (Lipinski definition) is 5. The van der Waals surface area contributed by atoms with Crippen molar-refractivity contribution in [2.45, 2.75) is 19.4 Å². The van der Waals surface area contributed by atoms with E-state index in [0.717, 1.165) is 11.3 Å². The van der Waals surface area contributed by atoms with Crippen molar-refractivity contribution in [1.82, 2.24) is 20.1 Å². The van der Waals surface area contributed by atoms with Crippen LogP contribution >= 0.6 is 0 Å². The largest absolute Gasteiger partial charge is 0.363 e. The molecule has 1 unspecified atom stereocenters. The maximum absolute atomic E-state index is 13.0. The first-order valence-electron chi connectivity index (χ1n) is 9.01. The van der Waals surface area contributed by atoms with E-state index in [1.807, 2.05) is 37.3 Å². The first-order valence-corrected chi connectivity index (χ1v) is 9.01. The van der Waals surface area contributed by atoms with Gasteiger partial charge in [-0.15, -0.1) is 0 Å². The van der Waals surface area contributed by atoms with Crippen molar-refractivity contribution in [3.8, 4) is 11.4 Å². The van der Waals surface area contributed by atoms with E-state index in [9.17, 15) is 14.4 Å². The van der Waals surface area contributed by atoms with Crippen LogP contribution in [0.25, 0.3) is 11.4 Å². The van der Waals surface area contributed by atoms with Gasteiger partial charge in [-0.2, -0.15) is 5.10 Å². The fourth-order valence-electron chi connectivity index (χ4n) is 3.05. The summed E-state index contributed by atoms with van der Waals surface area (Å²) in [7, 11) is 1.70. The van der Waals surface area contributed by atoms with Crippen LogP contribution in [0.4, 0.5) is 0 Å². The van der Waals surface area contributed by atoms with Crippen molar-refractivity contribution in [3.63, 3.8) is 0 Å². The third-order valence-electron chi connectivity index (χ3n) is 4.46. The molecule has 1 aromatic carbocycles. The number of rotatable bonds is 7. The molecule has 3 aromatic rings. The van der Waals surface area contributed by atoms with Gasteiger partial charge in [0.2, 0.25) is 5.78 Å². The van der Waals surface area contributed by atoms with Gasteiger partial charge in [-0.3, -0.25) is 24.0 Å². The summed E-state index contributed by atoms with van der Waals surface area (Å²) in [6.07, 6.45) is 1.55. The fraction of sp³-hybridized carbons (Fsp3) is 0.190. The Morgan fingerprint density at radius 3 is 2.48 bits per heavy atom. The third-order valence-corrected chi connectivity index (χ3v) is 4.46. The quantitative estimate of drug-likeness (QED) is 0.586. The first-order chi connectivity index (χ1) is 13.9. The van der Waals surface area contributed by atoms with Crippen LogP contribution in [0.1, 0.15) is 21.6 Å². The molecule has 3 rings (SSSR count). The van der Waals surface area contributed by atoms with E-state index in [2.05, 4.69) is 15.4 Å². The number of Topliss-reactive ketones (excluding diaryl/α,β-unsaturated/α-hetero) is 1. The summed E-state index contributed by atoms with van der Waals surface area (Å²) >= 11 is 0. The Morgan fingerprint density at radius 1 is 1.10 bits per heavy atom. The molecular formula is C21H21N5O3. The van der Waals surface area contributed by atoms with Crippen LogP contribution < -0.4 is 11.1 Å². The standard InChI is InChI=1S/C21H21N5O3/c1-13-7-6-10-16(24-13)18-15(12-23-26(18)2)21(29)25-17(19(27)20(22)28)11-14-8-4-3-5-9-14/h3-10,12,17H,11H2,1-2H3,(H2,22,28)(H,25,29). The summed E-state index contributed by atoms with van der Waals surface area (Å²) in [4.78, 5) is 41.2. The number of primary amides is 1. The molecule has 0 spiro atoms. The third kappa shape index (κ3) is 4.55. The summed E-state index contributed by atoms with van der Waals surface area (Å²) in [5.74, 6) is -2.49. The van der Waals surface area contributed by atoms with Crippen molar-refractivity contribution in [3.05, 3.63) is 71.5 Å². The number of benzene rings is 1. The van der Waals surface area contributed by atoms with Crippen LogP contribution in [0.2, 0.25) is 0 Å². The van der Waals surface area contributed by atoms with Gasteiger partial charge < -0.3 is 11.1 Å². The van der Waals surface area contributed by atoms with Crippen LogP contribution in [0.5, 0.6) is 0 Å². The summed E-state index contributed by atoms with van der Waals surface area (Å²) in [6, 6.07) is 13.4. The number of nitrogens with two attached hydrogens (primary N) is 1. The Bertz CT molecular complexity index is 1060. The normalized spacial score (nSPS) is 11.7. The highest BCUT2D eigenvalue weighted by Gasteiger charge is 2.28. The Balaban J connectivity index is 1.91. The van der Waals surface area contributed by atoms with Crippen molar-refractivity contribution >= 4 is 17.6 Å². The van der Waals surface area contributed by atoms with Gasteiger partial charge in [0.15, 0.2) is 0 Å². The molecule has 29 heavy (non-hydrogen) atoms. The van der Waals surface area contributed by atoms with Gasteiger partial charge >= 0.3 is 0 Å². The molecule has 0 bridgehead atoms. The Morgan fingerprint density at radius 2 is 1.83 bits per heavy atom. The van der Waals surface area contributed by atoms with E-state index >= 15 is 0 Å². The number of amides is 2. The Labute approximate surface area is 167 Å². The van der Waals surface area contributed by atoms with E-state index < -0.39 is 23.6 Å². The van der Waals surface area contributed by atoms with Gasteiger partial charge in [-0.25, -0.2) is 0 Å². The second-order valence-electron chi connectivity index (χ2n) is 6.64. The minimum atomic E-state index is -1.10. The van der Waals surface area contributed by atoms with Gasteiger partial charge in [0, 0.05) is 19.2 Å². The first kappa shape index (κ1) is 19.9. The number of ketones is 1. The highest BCUT2D eigenvalue weighted by atomic mass is 16.2. The molecule has 0 fully saturated rings. The molecular weight excluding hydrogens is 370 g/mol. The lowest BCUT2D eigenvalue weighted by molar-refractivity contribution is -0.137. The summed E-state index contributed by atoms with van der Waals surface area (Å²) in [5.41, 5.74) is 8.10. The maximum atomic E-state index is 13.0. The van der Waals surface area contributed by atoms with Gasteiger partial charge in [-0.05, 0) is 24.6 Å². The molecule has 0 saturated carbocycles. The zero-order valence-corrected chi connectivity index (χ0v) is 16.1. The monoisotopic (exact) mass is 391 g/mol. The Hall–Kier alpha value is -3.81. The molecule has 0 aliphatic carbocycles. The fourth-order valence-corrected chi connectivity index (χ4v) is 3.05. The highest BCUT2D eigenvalue weighted by Crippen LogP contribution is 2.21. The van der Waals surface area contributed by atoms with Crippen molar-refractivity contribution in [2.24, 2.45) is 12.8 Å². The van der Waals surface area contributed by atoms with Crippen molar-refractivity contribution in [2.75, 3.05) is 0 Å². The number of aromatic nitrogens is 3. The van der Waals surface area contributed by atoms with E-state index in [0.29, 0.717) is 11.4 Å². The Kier molecular flexibility index (Phi) is 5.82. The molecule has 0 radical (unpaired) electrons. The van der Waals surface area contributed by atoms with E-state index in [4.69, 9.17) is 5.73 Å². The summed E-state index contributed by atoms with van der Waals surface area (Å²) in [6.45, 7) is 1.85. The number of carbonyl (C=O) groups excluding carboxylic acids is 3. The lowest BCUT2D eigenvalue weighted by atomic mass is 10.0. The summed E-state index contributed by atoms with van der Waals surface area (Å²) < 4.78 is 1.54. The number of pyridine rings is 1. The van der Waals surface area contributed by atoms with E-state index in [1.165, 1.54) is 6.20 Å². The minimum Gasteiger partial charge on any atom is -0.363 e. The molecule has 1 atom stereocenters. The van der Waals surface area contributed by atoms with E-state index in [1.54, 1.807) is 29.9 Å². The maximum Gasteiger partial charge on any atom is 0.287 e. The highest BCUT2D eigenvalue weighted by molar-refractivity contribution is 6.38. The average molecular weight is 391 g/mol. The van der Waals surface area contributed by atoms with Gasteiger partial charge in [0.05, 0.1) is 23.1 Å². The van der Waals surface area contributed by atoms with Crippen LogP contribution in [0, 0.1) is 6.92 Å². The van der Waals surface area contributed by atoms with E-state index in [-0.39, 0.29) is 12.0 Å². The van der Waals surface area contributed by atoms with Crippen molar-refractivity contribution in [1.29, 1.82) is 0 Å². The molecule has 0 aliphatic rings. The molecule has 8 heteroatoms. The van der Waals surface area contributed by atoms with Crippen molar-refractivity contribution < 1.29 is 14.4 Å². The van der Waals surface area contributed by atoms with Gasteiger partial charge in [0.1, 0.15) is 6.04 Å². The predicted octanol–water partition coefficient (Wildman–Crippen LogP) is 1.19. The average Bonchev–Trinajstić information content (AvgIpc) is 3.09. The zero-order chi connectivity index (χ0) is 21.0. The molecule has 2 heterocycles. The minimum absolute atomic E-state index is 0.145. The number of nitrogens with one attached hydrogen (secondary N) is 1. The lowest BCUT2D eigenvalue weighted by Gasteiger charge is -2.16. The van der Waals surface area contributed by atoms with Crippen LogP contribution in [-0.4, -0.2) is 38.4 Å². The van der Waals surface area contributed by atoms with Crippen LogP contribution in [0.15, 0.2) is 54.7 Å². The SMILES string of the molecule is Cc1cccc(-c2c(C(=O)NC(Cc3ccccc3)C(=O)C(N)=O)cnn2C)n1. The lowest BCUT2D eigenvalue weighted by Crippen LogP contribution is -2.47. The molecule has 3 N–H and O–H groups in total. The second kappa shape index (κ2) is 8.47. The van der Waals surface area contributed by atoms with Crippen LogP contribution in [-0.2, 0) is 23.1 Å². The van der Waals surface area contributed by atoms with Crippen LogP contribution in [0.3, 0.4) is 0 Å². The molecule has 0 saturated heterocycles. The number of hydrogen-bond donors (Lipinski definition) is 2. The zero-order valence-electron chi connectivity index (χ0n) is 16.1. The molecule has 2 aromatic heterocycles. The second-order valence-corrected chi connectivity index (χ2v) is 6.64. The molecule has 8 nitrogen and oxygen atoms in total. The van der Waals surface area contributed by atoms with Gasteiger partial charge in [0.25, 0.3) is 11.8 Å². The number of carbonyl (C=O) groups is 3. The molecule has 0 aliphatic heterocycles. The molecule has 148 valence electrons. The topological polar surface area (TPSA) is 120 Å².